The molecule has 19 heavy (non-hydrogen) atoms. The molecular formula is C14H17BrFNO2. The molecule has 0 radical (unpaired) electrons. The Kier molecular flexibility index (Phi) is 4.45. The minimum absolute atomic E-state index is 0.0159. The maximum atomic E-state index is 13.8. The number of methoxy groups -OCH3 is 1. The van der Waals surface area contributed by atoms with E-state index in [0.717, 1.165) is 12.8 Å². The Morgan fingerprint density at radius 2 is 2.21 bits per heavy atom. The van der Waals surface area contributed by atoms with Crippen LogP contribution in [0.5, 0.6) is 5.75 Å². The van der Waals surface area contributed by atoms with Gasteiger partial charge in [0.2, 0.25) is 0 Å². The normalized spacial score (nSPS) is 21.7. The highest BCUT2D eigenvalue weighted by molar-refractivity contribution is 9.09. The van der Waals surface area contributed by atoms with Gasteiger partial charge in [-0.3, -0.25) is 4.79 Å². The van der Waals surface area contributed by atoms with E-state index in [1.165, 1.54) is 19.2 Å². The van der Waals surface area contributed by atoms with Crippen LogP contribution in [0.15, 0.2) is 18.2 Å². The van der Waals surface area contributed by atoms with Gasteiger partial charge >= 0.3 is 0 Å². The Morgan fingerprint density at radius 1 is 1.53 bits per heavy atom. The molecule has 0 saturated heterocycles. The first-order valence-corrected chi connectivity index (χ1v) is 7.16. The molecule has 1 aromatic rings. The van der Waals surface area contributed by atoms with Crippen LogP contribution >= 0.6 is 15.9 Å². The zero-order chi connectivity index (χ0) is 14.0. The average Bonchev–Trinajstić information content (AvgIpc) is 2.35. The van der Waals surface area contributed by atoms with Gasteiger partial charge in [0, 0.05) is 18.4 Å². The zero-order valence-corrected chi connectivity index (χ0v) is 12.6. The first kappa shape index (κ1) is 14.3. The molecular weight excluding hydrogens is 313 g/mol. The number of carbonyl (C=O) groups is 1. The van der Waals surface area contributed by atoms with Gasteiger partial charge in [0.25, 0.3) is 5.91 Å². The molecule has 0 spiro atoms. The van der Waals surface area contributed by atoms with Crippen molar-refractivity contribution in [1.82, 2.24) is 4.90 Å². The van der Waals surface area contributed by atoms with Crippen LogP contribution in [0.25, 0.3) is 0 Å². The molecule has 1 aliphatic carbocycles. The molecule has 0 heterocycles. The van der Waals surface area contributed by atoms with Gasteiger partial charge in [0.15, 0.2) is 0 Å². The first-order valence-electron chi connectivity index (χ1n) is 6.25. The molecule has 104 valence electrons. The van der Waals surface area contributed by atoms with E-state index < -0.39 is 5.82 Å². The third-order valence-electron chi connectivity index (χ3n) is 3.47. The second-order valence-electron chi connectivity index (χ2n) is 4.94. The Bertz CT molecular complexity index is 475. The van der Waals surface area contributed by atoms with Gasteiger partial charge in [0.1, 0.15) is 17.1 Å². The van der Waals surface area contributed by atoms with Crippen molar-refractivity contribution in [2.45, 2.75) is 17.7 Å². The molecule has 0 atom stereocenters. The second kappa shape index (κ2) is 5.90. The summed E-state index contributed by atoms with van der Waals surface area (Å²) < 4.78 is 18.9. The molecule has 3 nitrogen and oxygen atoms in total. The number of rotatable bonds is 4. The highest BCUT2D eigenvalue weighted by Gasteiger charge is 2.30. The van der Waals surface area contributed by atoms with E-state index in [1.54, 1.807) is 18.0 Å². The summed E-state index contributed by atoms with van der Waals surface area (Å²) in [6.45, 7) is 0.651. The fourth-order valence-electron chi connectivity index (χ4n) is 2.35. The third-order valence-corrected chi connectivity index (χ3v) is 4.21. The summed E-state index contributed by atoms with van der Waals surface area (Å²) in [6, 6.07) is 4.41. The van der Waals surface area contributed by atoms with E-state index in [-0.39, 0.29) is 17.2 Å². The van der Waals surface area contributed by atoms with Crippen molar-refractivity contribution in [3.63, 3.8) is 0 Å². The van der Waals surface area contributed by atoms with Crippen molar-refractivity contribution in [2.75, 3.05) is 20.7 Å². The summed E-state index contributed by atoms with van der Waals surface area (Å²) in [5.74, 6) is -0.0870. The summed E-state index contributed by atoms with van der Waals surface area (Å²) >= 11 is 3.52. The number of halogens is 2. The molecule has 1 amide bonds. The summed E-state index contributed by atoms with van der Waals surface area (Å²) in [7, 11) is 3.14. The molecule has 0 unspecified atom stereocenters. The lowest BCUT2D eigenvalue weighted by Gasteiger charge is -2.34. The van der Waals surface area contributed by atoms with Gasteiger partial charge in [-0.25, -0.2) is 4.39 Å². The predicted octanol–water partition coefficient (Wildman–Crippen LogP) is 3.08. The van der Waals surface area contributed by atoms with Crippen molar-refractivity contribution in [2.24, 2.45) is 5.92 Å². The molecule has 0 aromatic heterocycles. The fourth-order valence-corrected chi connectivity index (χ4v) is 3.40. The summed E-state index contributed by atoms with van der Waals surface area (Å²) in [6.07, 6.45) is 2.12. The highest BCUT2D eigenvalue weighted by atomic mass is 79.9. The lowest BCUT2D eigenvalue weighted by Crippen LogP contribution is -2.38. The van der Waals surface area contributed by atoms with Crippen LogP contribution in [-0.4, -0.2) is 36.3 Å². The molecule has 2 rings (SSSR count). The van der Waals surface area contributed by atoms with Crippen LogP contribution in [0.2, 0.25) is 0 Å². The van der Waals surface area contributed by atoms with Gasteiger partial charge in [-0.1, -0.05) is 22.0 Å². The fraction of sp³-hybridized carbons (Fsp3) is 0.500. The molecule has 1 aromatic carbocycles. The monoisotopic (exact) mass is 329 g/mol. The minimum Gasteiger partial charge on any atom is -0.496 e. The van der Waals surface area contributed by atoms with Gasteiger partial charge in [-0.15, -0.1) is 0 Å². The number of carbonyl (C=O) groups excluding carboxylic acids is 1. The standard InChI is InChI=1S/C14H17BrFNO2/c1-17(8-9-6-10(15)7-9)14(18)13-11(16)4-3-5-12(13)19-2/h3-5,9-10H,6-8H2,1-2H3. The van der Waals surface area contributed by atoms with E-state index in [4.69, 9.17) is 4.74 Å². The quantitative estimate of drug-likeness (QED) is 0.794. The highest BCUT2D eigenvalue weighted by Crippen LogP contribution is 2.34. The van der Waals surface area contributed by atoms with Crippen LogP contribution in [0.4, 0.5) is 4.39 Å². The van der Waals surface area contributed by atoms with Crippen molar-refractivity contribution in [3.8, 4) is 5.75 Å². The van der Waals surface area contributed by atoms with Crippen molar-refractivity contribution >= 4 is 21.8 Å². The number of hydrogen-bond donors (Lipinski definition) is 0. The lowest BCUT2D eigenvalue weighted by molar-refractivity contribution is 0.0740. The van der Waals surface area contributed by atoms with Crippen LogP contribution in [0.3, 0.4) is 0 Å². The van der Waals surface area contributed by atoms with Crippen LogP contribution in [0.1, 0.15) is 23.2 Å². The van der Waals surface area contributed by atoms with Gasteiger partial charge in [-0.05, 0) is 30.9 Å². The molecule has 1 saturated carbocycles. The number of nitrogens with zero attached hydrogens (tertiary/aromatic N) is 1. The van der Waals surface area contributed by atoms with Crippen molar-refractivity contribution in [3.05, 3.63) is 29.6 Å². The summed E-state index contributed by atoms with van der Waals surface area (Å²) in [4.78, 5) is 14.4. The number of benzene rings is 1. The van der Waals surface area contributed by atoms with E-state index in [1.807, 2.05) is 0 Å². The molecule has 0 aliphatic heterocycles. The number of ether oxygens (including phenoxy) is 1. The predicted molar refractivity (Wildman–Crippen MR) is 75.4 cm³/mol. The third kappa shape index (κ3) is 3.08. The SMILES string of the molecule is COc1cccc(F)c1C(=O)N(C)CC1CC(Br)C1. The summed E-state index contributed by atoms with van der Waals surface area (Å²) in [5.41, 5.74) is 0.0159. The molecule has 1 fully saturated rings. The molecule has 0 N–H and O–H groups in total. The van der Waals surface area contributed by atoms with Crippen LogP contribution in [0, 0.1) is 11.7 Å². The zero-order valence-electron chi connectivity index (χ0n) is 11.0. The van der Waals surface area contributed by atoms with Crippen LogP contribution in [-0.2, 0) is 0 Å². The van der Waals surface area contributed by atoms with Crippen molar-refractivity contribution in [1.29, 1.82) is 0 Å². The average molecular weight is 330 g/mol. The molecule has 0 bridgehead atoms. The minimum atomic E-state index is -0.539. The van der Waals surface area contributed by atoms with E-state index in [0.29, 0.717) is 17.3 Å². The number of amides is 1. The Balaban J connectivity index is 2.10. The Hall–Kier alpha value is -1.10. The summed E-state index contributed by atoms with van der Waals surface area (Å²) in [5, 5.41) is 0. The maximum Gasteiger partial charge on any atom is 0.260 e. The molecule has 5 heteroatoms. The molecule has 1 aliphatic rings. The number of alkyl halides is 1. The van der Waals surface area contributed by atoms with E-state index in [2.05, 4.69) is 15.9 Å². The maximum absolute atomic E-state index is 13.8. The Labute approximate surface area is 120 Å². The van der Waals surface area contributed by atoms with E-state index in [9.17, 15) is 9.18 Å². The second-order valence-corrected chi connectivity index (χ2v) is 6.23. The van der Waals surface area contributed by atoms with Gasteiger partial charge in [0.05, 0.1) is 7.11 Å². The number of hydrogen-bond acceptors (Lipinski definition) is 2. The van der Waals surface area contributed by atoms with E-state index >= 15 is 0 Å². The van der Waals surface area contributed by atoms with Gasteiger partial charge in [-0.2, -0.15) is 0 Å². The van der Waals surface area contributed by atoms with Gasteiger partial charge < -0.3 is 9.64 Å². The lowest BCUT2D eigenvalue weighted by atomic mass is 9.85. The topological polar surface area (TPSA) is 29.5 Å². The van der Waals surface area contributed by atoms with Crippen LogP contribution < -0.4 is 4.74 Å². The Morgan fingerprint density at radius 3 is 2.79 bits per heavy atom. The smallest absolute Gasteiger partial charge is 0.260 e. The van der Waals surface area contributed by atoms with Crippen molar-refractivity contribution < 1.29 is 13.9 Å². The first-order chi connectivity index (χ1) is 9.02. The largest absolute Gasteiger partial charge is 0.496 e.